The zero-order valence-electron chi connectivity index (χ0n) is 17.7. The molecule has 3 N–H and O–H groups in total. The van der Waals surface area contributed by atoms with E-state index in [-0.39, 0.29) is 25.3 Å². The molecule has 0 bridgehead atoms. The molecule has 0 spiro atoms. The average molecular weight is 399 g/mol. The summed E-state index contributed by atoms with van der Waals surface area (Å²) in [6.07, 6.45) is 5.91. The van der Waals surface area contributed by atoms with Gasteiger partial charge in [-0.25, -0.2) is 4.79 Å². The number of unbranched alkanes of at least 4 members (excludes halogenated alkanes) is 1. The Balaban J connectivity index is 0.00000132. The van der Waals surface area contributed by atoms with Crippen LogP contribution in [0.3, 0.4) is 0 Å². The summed E-state index contributed by atoms with van der Waals surface area (Å²) < 4.78 is 0. The first-order valence-electron chi connectivity index (χ1n) is 10.4. The standard InChI is InChI=1S/C21H26N2O3.C3H8/c22-15-14-21(25)26-23-20(24)16-19-12-10-18(11-13-19)9-5-4-8-17-6-2-1-3-7-17;1-3-2/h1-3,6-7,10-13H,4-5,8-9,14-16,22H2,(H,23,24);3H2,1-2H3. The lowest BCUT2D eigenvalue weighted by Gasteiger charge is -2.06. The lowest BCUT2D eigenvalue weighted by Crippen LogP contribution is -2.29. The van der Waals surface area contributed by atoms with Crippen molar-refractivity contribution in [2.45, 2.75) is 58.8 Å². The van der Waals surface area contributed by atoms with E-state index >= 15 is 0 Å². The number of carbonyl (C=O) groups excluding carboxylic acids is 2. The van der Waals surface area contributed by atoms with Gasteiger partial charge in [0.15, 0.2) is 0 Å². The van der Waals surface area contributed by atoms with E-state index in [4.69, 9.17) is 5.73 Å². The average Bonchev–Trinajstić information content (AvgIpc) is 2.72. The molecule has 0 atom stereocenters. The van der Waals surface area contributed by atoms with Gasteiger partial charge in [-0.05, 0) is 42.4 Å². The molecule has 2 aromatic rings. The second-order valence-corrected chi connectivity index (χ2v) is 6.93. The lowest BCUT2D eigenvalue weighted by molar-refractivity contribution is -0.157. The first-order valence-corrected chi connectivity index (χ1v) is 10.4. The SMILES string of the molecule is CCC.NCCC(=O)ONC(=O)Cc1ccc(CCCCc2ccccc2)cc1. The molecule has 29 heavy (non-hydrogen) atoms. The summed E-state index contributed by atoms with van der Waals surface area (Å²) in [4.78, 5) is 27.5. The maximum Gasteiger partial charge on any atom is 0.333 e. The molecule has 0 fully saturated rings. The number of nitrogens with two attached hydrogens (primary N) is 1. The summed E-state index contributed by atoms with van der Waals surface area (Å²) >= 11 is 0. The molecule has 0 aromatic heterocycles. The van der Waals surface area contributed by atoms with Crippen LogP contribution in [0, 0.1) is 0 Å². The predicted molar refractivity (Wildman–Crippen MR) is 117 cm³/mol. The van der Waals surface area contributed by atoms with Crippen molar-refractivity contribution in [3.05, 3.63) is 71.3 Å². The first-order chi connectivity index (χ1) is 14.1. The molecule has 5 heteroatoms. The van der Waals surface area contributed by atoms with Crippen LogP contribution in [0.2, 0.25) is 0 Å². The lowest BCUT2D eigenvalue weighted by atomic mass is 10.0. The van der Waals surface area contributed by atoms with Crippen molar-refractivity contribution in [2.75, 3.05) is 6.54 Å². The molecule has 5 nitrogen and oxygen atoms in total. The van der Waals surface area contributed by atoms with E-state index in [1.165, 1.54) is 17.5 Å². The van der Waals surface area contributed by atoms with Crippen LogP contribution in [0.4, 0.5) is 0 Å². The molecular formula is C24H34N2O3. The van der Waals surface area contributed by atoms with Crippen LogP contribution in [-0.4, -0.2) is 18.4 Å². The third-order valence-electron chi connectivity index (χ3n) is 4.04. The van der Waals surface area contributed by atoms with Crippen molar-refractivity contribution in [3.63, 3.8) is 0 Å². The fourth-order valence-corrected chi connectivity index (χ4v) is 2.63. The fraction of sp³-hybridized carbons (Fsp3) is 0.417. The van der Waals surface area contributed by atoms with E-state index in [2.05, 4.69) is 48.4 Å². The number of benzene rings is 2. The molecule has 0 saturated carbocycles. The summed E-state index contributed by atoms with van der Waals surface area (Å²) in [7, 11) is 0. The molecule has 0 radical (unpaired) electrons. The Morgan fingerprint density at radius 1 is 0.862 bits per heavy atom. The predicted octanol–water partition coefficient (Wildman–Crippen LogP) is 4.13. The largest absolute Gasteiger partial charge is 0.341 e. The minimum Gasteiger partial charge on any atom is -0.341 e. The van der Waals surface area contributed by atoms with Crippen molar-refractivity contribution in [3.8, 4) is 0 Å². The molecule has 0 aliphatic rings. The second-order valence-electron chi connectivity index (χ2n) is 6.93. The number of hydrogen-bond acceptors (Lipinski definition) is 4. The monoisotopic (exact) mass is 398 g/mol. The number of amides is 1. The number of nitrogens with one attached hydrogen (secondary N) is 1. The molecular weight excluding hydrogens is 364 g/mol. The van der Waals surface area contributed by atoms with Crippen LogP contribution in [0.5, 0.6) is 0 Å². The summed E-state index contributed by atoms with van der Waals surface area (Å²) in [5, 5.41) is 0. The molecule has 2 aromatic carbocycles. The van der Waals surface area contributed by atoms with E-state index in [0.29, 0.717) is 0 Å². The van der Waals surface area contributed by atoms with Crippen molar-refractivity contribution in [2.24, 2.45) is 5.73 Å². The molecule has 0 saturated heterocycles. The van der Waals surface area contributed by atoms with Gasteiger partial charge in [0, 0.05) is 6.54 Å². The number of carbonyl (C=O) groups is 2. The molecule has 0 heterocycles. The topological polar surface area (TPSA) is 81.4 Å². The van der Waals surface area contributed by atoms with Crippen molar-refractivity contribution in [1.82, 2.24) is 5.48 Å². The highest BCUT2D eigenvalue weighted by molar-refractivity contribution is 5.79. The Morgan fingerprint density at radius 2 is 1.38 bits per heavy atom. The first kappa shape index (κ1) is 24.4. The van der Waals surface area contributed by atoms with Crippen LogP contribution in [0.25, 0.3) is 0 Å². The van der Waals surface area contributed by atoms with Gasteiger partial charge in [-0.15, -0.1) is 0 Å². The van der Waals surface area contributed by atoms with Crippen LogP contribution >= 0.6 is 0 Å². The summed E-state index contributed by atoms with van der Waals surface area (Å²) in [5.41, 5.74) is 10.9. The minimum absolute atomic E-state index is 0.0826. The van der Waals surface area contributed by atoms with Crippen molar-refractivity contribution < 1.29 is 14.4 Å². The van der Waals surface area contributed by atoms with Gasteiger partial charge in [-0.2, -0.15) is 5.48 Å². The third-order valence-corrected chi connectivity index (χ3v) is 4.04. The Morgan fingerprint density at radius 3 is 1.93 bits per heavy atom. The van der Waals surface area contributed by atoms with Gasteiger partial charge in [-0.1, -0.05) is 74.9 Å². The summed E-state index contributed by atoms with van der Waals surface area (Å²) in [5.74, 6) is -0.891. The van der Waals surface area contributed by atoms with Crippen LogP contribution in [-0.2, 0) is 33.7 Å². The van der Waals surface area contributed by atoms with Crippen LogP contribution < -0.4 is 11.2 Å². The number of hydroxylamine groups is 1. The Labute approximate surface area is 174 Å². The van der Waals surface area contributed by atoms with E-state index < -0.39 is 5.97 Å². The highest BCUT2D eigenvalue weighted by Gasteiger charge is 2.07. The second kappa shape index (κ2) is 15.3. The van der Waals surface area contributed by atoms with E-state index in [0.717, 1.165) is 31.2 Å². The van der Waals surface area contributed by atoms with Crippen LogP contribution in [0.1, 0.15) is 56.2 Å². The van der Waals surface area contributed by atoms with Crippen molar-refractivity contribution in [1.29, 1.82) is 0 Å². The number of aryl methyl sites for hydroxylation is 2. The van der Waals surface area contributed by atoms with Gasteiger partial charge in [0.2, 0.25) is 0 Å². The van der Waals surface area contributed by atoms with Gasteiger partial charge in [-0.3, -0.25) is 4.79 Å². The maximum absolute atomic E-state index is 11.7. The van der Waals surface area contributed by atoms with E-state index in [1.54, 1.807) is 0 Å². The van der Waals surface area contributed by atoms with Gasteiger partial charge >= 0.3 is 5.97 Å². The van der Waals surface area contributed by atoms with Gasteiger partial charge in [0.25, 0.3) is 5.91 Å². The summed E-state index contributed by atoms with van der Waals surface area (Å²) in [6, 6.07) is 18.5. The molecule has 158 valence electrons. The molecule has 1 amide bonds. The normalized spacial score (nSPS) is 9.90. The van der Waals surface area contributed by atoms with Gasteiger partial charge in [0.1, 0.15) is 0 Å². The van der Waals surface area contributed by atoms with E-state index in [1.807, 2.05) is 30.3 Å². The van der Waals surface area contributed by atoms with Crippen molar-refractivity contribution >= 4 is 11.9 Å². The maximum atomic E-state index is 11.7. The third kappa shape index (κ3) is 11.7. The zero-order valence-corrected chi connectivity index (χ0v) is 17.7. The Hall–Kier alpha value is -2.66. The highest BCUT2D eigenvalue weighted by Crippen LogP contribution is 2.11. The van der Waals surface area contributed by atoms with Gasteiger partial charge < -0.3 is 10.6 Å². The molecule has 0 aliphatic heterocycles. The van der Waals surface area contributed by atoms with Crippen LogP contribution in [0.15, 0.2) is 54.6 Å². The number of rotatable bonds is 9. The smallest absolute Gasteiger partial charge is 0.333 e. The van der Waals surface area contributed by atoms with Gasteiger partial charge in [0.05, 0.1) is 12.8 Å². The number of hydrogen-bond donors (Lipinski definition) is 2. The fourth-order valence-electron chi connectivity index (χ4n) is 2.63. The highest BCUT2D eigenvalue weighted by atomic mass is 16.7. The molecule has 0 aliphatic carbocycles. The molecule has 0 unspecified atom stereocenters. The zero-order chi connectivity index (χ0) is 21.3. The minimum atomic E-state index is -0.535. The quantitative estimate of drug-likeness (QED) is 0.491. The Bertz CT molecular complexity index is 700. The molecule has 2 rings (SSSR count). The Kier molecular flexibility index (Phi) is 12.8. The van der Waals surface area contributed by atoms with E-state index in [9.17, 15) is 9.59 Å². The summed E-state index contributed by atoms with van der Waals surface area (Å²) in [6.45, 7) is 4.45.